The van der Waals surface area contributed by atoms with Gasteiger partial charge in [-0.25, -0.2) is 0 Å². The van der Waals surface area contributed by atoms with Gasteiger partial charge in [-0.1, -0.05) is 6.07 Å². The van der Waals surface area contributed by atoms with Crippen LogP contribution in [0.5, 0.6) is 0 Å². The number of hydrogen-bond acceptors (Lipinski definition) is 4. The van der Waals surface area contributed by atoms with Crippen LogP contribution in [0.15, 0.2) is 18.3 Å². The first-order valence-corrected chi connectivity index (χ1v) is 5.34. The highest BCUT2D eigenvalue weighted by atomic mass is 16.5. The second kappa shape index (κ2) is 4.49. The van der Waals surface area contributed by atoms with E-state index in [1.54, 1.807) is 18.3 Å². The van der Waals surface area contributed by atoms with E-state index in [-0.39, 0.29) is 17.8 Å². The first kappa shape index (κ1) is 13.1. The van der Waals surface area contributed by atoms with Gasteiger partial charge in [0.05, 0.1) is 6.54 Å². The Morgan fingerprint density at radius 2 is 1.88 bits per heavy atom. The normalized spacial score (nSPS) is 12.9. The summed E-state index contributed by atoms with van der Waals surface area (Å²) in [5.74, 6) is -1.93. The van der Waals surface area contributed by atoms with E-state index in [0.29, 0.717) is 0 Å². The van der Waals surface area contributed by atoms with E-state index in [2.05, 4.69) is 10.3 Å². The number of β-amino-alcohol motifs (C(OH)–C–C–N with tert-alkyl or cyclic N) is 2. The number of pyridine rings is 1. The van der Waals surface area contributed by atoms with E-state index < -0.39 is 5.79 Å². The van der Waals surface area contributed by atoms with Crippen molar-refractivity contribution in [1.82, 2.24) is 10.3 Å². The zero-order valence-corrected chi connectivity index (χ0v) is 10.3. The van der Waals surface area contributed by atoms with Crippen LogP contribution >= 0.6 is 0 Å². The molecule has 1 aromatic rings. The average molecular weight is 224 g/mol. The minimum absolute atomic E-state index is 0.0482. The number of rotatable bonds is 3. The maximum Gasteiger partial charge on any atom is 0.220 e. The van der Waals surface area contributed by atoms with Crippen molar-refractivity contribution in [3.63, 3.8) is 0 Å². The van der Waals surface area contributed by atoms with Crippen molar-refractivity contribution < 1.29 is 10.2 Å². The third-order valence-electron chi connectivity index (χ3n) is 2.19. The second-order valence-electron chi connectivity index (χ2n) is 5.14. The molecule has 0 aliphatic carbocycles. The Labute approximate surface area is 96.3 Å². The van der Waals surface area contributed by atoms with Crippen molar-refractivity contribution in [2.45, 2.75) is 39.0 Å². The molecular weight excluding hydrogens is 204 g/mol. The van der Waals surface area contributed by atoms with Crippen molar-refractivity contribution in [3.05, 3.63) is 29.6 Å². The third-order valence-corrected chi connectivity index (χ3v) is 2.19. The molecular formula is C12H20N2O2. The lowest BCUT2D eigenvalue weighted by atomic mass is 10.1. The summed E-state index contributed by atoms with van der Waals surface area (Å²) in [6.45, 7) is 7.84. The molecule has 0 atom stereocenters. The lowest BCUT2D eigenvalue weighted by Gasteiger charge is -2.27. The van der Waals surface area contributed by atoms with E-state index >= 15 is 0 Å². The molecule has 1 heterocycles. The highest BCUT2D eigenvalue weighted by Gasteiger charge is 2.28. The summed E-state index contributed by atoms with van der Waals surface area (Å²) in [5.41, 5.74) is 1.08. The van der Waals surface area contributed by atoms with Crippen LogP contribution < -0.4 is 5.32 Å². The molecule has 1 rings (SSSR count). The molecule has 0 aliphatic rings. The molecule has 0 fully saturated rings. The minimum Gasteiger partial charge on any atom is -0.360 e. The molecule has 0 saturated carbocycles. The number of nitrogens with zero attached hydrogens (tertiary/aromatic N) is 1. The quantitative estimate of drug-likeness (QED) is 0.668. The largest absolute Gasteiger partial charge is 0.360 e. The fourth-order valence-corrected chi connectivity index (χ4v) is 1.18. The molecule has 0 amide bonds. The Morgan fingerprint density at radius 3 is 2.31 bits per heavy atom. The average Bonchev–Trinajstić information content (AvgIpc) is 2.15. The molecule has 4 nitrogen and oxygen atoms in total. The maximum atomic E-state index is 9.87. The zero-order valence-electron chi connectivity index (χ0n) is 10.3. The van der Waals surface area contributed by atoms with Crippen LogP contribution in [-0.4, -0.2) is 27.3 Å². The molecule has 0 radical (unpaired) electrons. The van der Waals surface area contributed by atoms with Crippen LogP contribution in [0.25, 0.3) is 0 Å². The summed E-state index contributed by atoms with van der Waals surface area (Å²) in [6.07, 6.45) is 1.62. The van der Waals surface area contributed by atoms with Gasteiger partial charge in [-0.05, 0) is 39.3 Å². The highest BCUT2D eigenvalue weighted by molar-refractivity contribution is 5.16. The first-order valence-electron chi connectivity index (χ1n) is 5.34. The topological polar surface area (TPSA) is 65.4 Å². The number of aliphatic hydroxyl groups is 2. The lowest BCUT2D eigenvalue weighted by molar-refractivity contribution is -0.170. The van der Waals surface area contributed by atoms with E-state index in [9.17, 15) is 10.2 Å². The Balaban J connectivity index is 2.73. The van der Waals surface area contributed by atoms with Gasteiger partial charge in [0.25, 0.3) is 0 Å². The van der Waals surface area contributed by atoms with Crippen LogP contribution in [0.3, 0.4) is 0 Å². The summed E-state index contributed by atoms with van der Waals surface area (Å²) < 4.78 is 0. The third kappa shape index (κ3) is 3.89. The summed E-state index contributed by atoms with van der Waals surface area (Å²) in [4.78, 5) is 4.01. The number of aryl methyl sites for hydroxylation is 1. The number of hydrogen-bond donors (Lipinski definition) is 3. The predicted octanol–water partition coefficient (Wildman–Crippen LogP) is 0.916. The Morgan fingerprint density at radius 1 is 1.25 bits per heavy atom. The molecule has 3 N–H and O–H groups in total. The minimum atomic E-state index is -1.93. The Kier molecular flexibility index (Phi) is 3.68. The molecule has 0 saturated heterocycles. The molecule has 16 heavy (non-hydrogen) atoms. The van der Waals surface area contributed by atoms with Gasteiger partial charge >= 0.3 is 0 Å². The monoisotopic (exact) mass is 224 g/mol. The fraction of sp³-hybridized carbons (Fsp3) is 0.583. The van der Waals surface area contributed by atoms with Crippen molar-refractivity contribution in [2.75, 3.05) is 6.54 Å². The van der Waals surface area contributed by atoms with Gasteiger partial charge < -0.3 is 15.5 Å². The van der Waals surface area contributed by atoms with Gasteiger partial charge in [0.2, 0.25) is 5.79 Å². The Hall–Kier alpha value is -0.970. The second-order valence-corrected chi connectivity index (χ2v) is 5.14. The van der Waals surface area contributed by atoms with Crippen LogP contribution in [0.1, 0.15) is 32.0 Å². The highest BCUT2D eigenvalue weighted by Crippen LogP contribution is 2.15. The first-order chi connectivity index (χ1) is 7.21. The maximum absolute atomic E-state index is 9.87. The molecule has 0 aromatic carbocycles. The number of nitrogens with one attached hydrogen (secondary N) is 1. The summed E-state index contributed by atoms with van der Waals surface area (Å²) in [5, 5.41) is 22.8. The van der Waals surface area contributed by atoms with Gasteiger partial charge in [-0.15, -0.1) is 0 Å². The van der Waals surface area contributed by atoms with Crippen molar-refractivity contribution >= 4 is 0 Å². The van der Waals surface area contributed by atoms with E-state index in [1.807, 2.05) is 27.7 Å². The summed E-state index contributed by atoms with van der Waals surface area (Å²) >= 11 is 0. The van der Waals surface area contributed by atoms with Gasteiger partial charge in [0.1, 0.15) is 5.69 Å². The molecule has 90 valence electrons. The molecule has 0 bridgehead atoms. The van der Waals surface area contributed by atoms with Crippen LogP contribution in [0, 0.1) is 6.92 Å². The molecule has 0 unspecified atom stereocenters. The van der Waals surface area contributed by atoms with E-state index in [4.69, 9.17) is 0 Å². The fourth-order valence-electron chi connectivity index (χ4n) is 1.18. The smallest absolute Gasteiger partial charge is 0.220 e. The van der Waals surface area contributed by atoms with Crippen LogP contribution in [0.2, 0.25) is 0 Å². The summed E-state index contributed by atoms with van der Waals surface area (Å²) in [7, 11) is 0. The molecule has 1 aromatic heterocycles. The SMILES string of the molecule is Cc1ccc(C(O)(O)CNC(C)(C)C)nc1. The molecule has 4 heteroatoms. The predicted molar refractivity (Wildman–Crippen MR) is 62.8 cm³/mol. The van der Waals surface area contributed by atoms with Gasteiger partial charge in [-0.2, -0.15) is 0 Å². The summed E-state index contributed by atoms with van der Waals surface area (Å²) in [6, 6.07) is 3.43. The van der Waals surface area contributed by atoms with Crippen molar-refractivity contribution in [2.24, 2.45) is 0 Å². The van der Waals surface area contributed by atoms with Gasteiger partial charge in [0.15, 0.2) is 0 Å². The van der Waals surface area contributed by atoms with E-state index in [0.717, 1.165) is 5.56 Å². The van der Waals surface area contributed by atoms with Crippen LogP contribution in [0.4, 0.5) is 0 Å². The van der Waals surface area contributed by atoms with Crippen LogP contribution in [-0.2, 0) is 5.79 Å². The van der Waals surface area contributed by atoms with Crippen molar-refractivity contribution in [1.29, 1.82) is 0 Å². The van der Waals surface area contributed by atoms with Gasteiger partial charge in [0, 0.05) is 11.7 Å². The standard InChI is InChI=1S/C12H20N2O2/c1-9-5-6-10(13-7-9)12(15,16)8-14-11(2,3)4/h5-7,14-16H,8H2,1-4H3. The molecule has 0 aliphatic heterocycles. The Bertz CT molecular complexity index is 339. The van der Waals surface area contributed by atoms with Crippen molar-refractivity contribution in [3.8, 4) is 0 Å². The van der Waals surface area contributed by atoms with E-state index in [1.165, 1.54) is 0 Å². The molecule has 0 spiro atoms. The zero-order chi connectivity index (χ0) is 12.4. The lowest BCUT2D eigenvalue weighted by Crippen LogP contribution is -2.46. The van der Waals surface area contributed by atoms with Gasteiger partial charge in [-0.3, -0.25) is 4.98 Å². The number of aromatic nitrogens is 1.